The van der Waals surface area contributed by atoms with Crippen LogP contribution in [0.15, 0.2) is 36.9 Å². The van der Waals surface area contributed by atoms with E-state index in [9.17, 15) is 9.59 Å². The van der Waals surface area contributed by atoms with Crippen LogP contribution in [-0.4, -0.2) is 23.6 Å². The molecule has 0 saturated heterocycles. The van der Waals surface area contributed by atoms with Crippen molar-refractivity contribution in [3.63, 3.8) is 0 Å². The lowest BCUT2D eigenvalue weighted by Gasteiger charge is -2.39. The van der Waals surface area contributed by atoms with Crippen molar-refractivity contribution in [1.82, 2.24) is 5.32 Å². The predicted molar refractivity (Wildman–Crippen MR) is 82.5 cm³/mol. The molecule has 2 N–H and O–H groups in total. The molecule has 0 atom stereocenters. The first-order chi connectivity index (χ1) is 10.6. The Morgan fingerprint density at radius 1 is 1.41 bits per heavy atom. The lowest BCUT2D eigenvalue weighted by atomic mass is 9.66. The molecule has 1 saturated carbocycles. The summed E-state index contributed by atoms with van der Waals surface area (Å²) < 4.78 is 5.13. The van der Waals surface area contributed by atoms with E-state index in [-0.39, 0.29) is 17.9 Å². The third-order valence-corrected chi connectivity index (χ3v) is 4.04. The van der Waals surface area contributed by atoms with Crippen molar-refractivity contribution in [2.75, 3.05) is 6.61 Å². The van der Waals surface area contributed by atoms with E-state index in [1.54, 1.807) is 24.3 Å². The predicted octanol–water partition coefficient (Wildman–Crippen LogP) is 2.51. The molecule has 0 aromatic heterocycles. The summed E-state index contributed by atoms with van der Waals surface area (Å²) in [4.78, 5) is 22.8. The fraction of sp³-hybridized carbons (Fsp3) is 0.412. The zero-order chi connectivity index (χ0) is 16.0. The molecule has 5 nitrogen and oxygen atoms in total. The number of allylic oxidation sites excluding steroid dienone is 1. The van der Waals surface area contributed by atoms with Gasteiger partial charge in [0.1, 0.15) is 5.75 Å². The minimum atomic E-state index is -1.02. The average Bonchev–Trinajstić information content (AvgIpc) is 2.47. The van der Waals surface area contributed by atoms with Crippen molar-refractivity contribution < 1.29 is 19.4 Å². The summed E-state index contributed by atoms with van der Waals surface area (Å²) in [5.41, 5.74) is 0.600. The van der Waals surface area contributed by atoms with Gasteiger partial charge in [-0.15, -0.1) is 6.58 Å². The minimum absolute atomic E-state index is 0.0653. The lowest BCUT2D eigenvalue weighted by Crippen LogP contribution is -2.45. The van der Waals surface area contributed by atoms with E-state index < -0.39 is 5.97 Å². The van der Waals surface area contributed by atoms with Gasteiger partial charge in [-0.1, -0.05) is 24.6 Å². The monoisotopic (exact) mass is 303 g/mol. The maximum absolute atomic E-state index is 12.3. The molecule has 0 unspecified atom stereocenters. The van der Waals surface area contributed by atoms with Crippen LogP contribution in [0.5, 0.6) is 5.75 Å². The number of carboxylic acids is 1. The van der Waals surface area contributed by atoms with Gasteiger partial charge in [0.05, 0.1) is 5.41 Å². The standard InChI is InChI=1S/C17H21NO4/c1-2-7-17(8-4-9-17)16(21)18-11-13-5-3-6-14(10-13)22-12-15(19)20/h2-3,5-6,10H,1,4,7-9,11-12H2,(H,18,21)(H,19,20). The lowest BCUT2D eigenvalue weighted by molar-refractivity contribution is -0.139. The van der Waals surface area contributed by atoms with E-state index in [0.29, 0.717) is 18.7 Å². The molecule has 1 amide bonds. The molecule has 1 aromatic rings. The molecule has 0 heterocycles. The third-order valence-electron chi connectivity index (χ3n) is 4.04. The zero-order valence-electron chi connectivity index (χ0n) is 12.5. The van der Waals surface area contributed by atoms with Crippen LogP contribution in [0.1, 0.15) is 31.2 Å². The maximum Gasteiger partial charge on any atom is 0.341 e. The number of hydrogen-bond acceptors (Lipinski definition) is 3. The number of hydrogen-bond donors (Lipinski definition) is 2. The Morgan fingerprint density at radius 3 is 2.77 bits per heavy atom. The van der Waals surface area contributed by atoms with Crippen LogP contribution in [0, 0.1) is 5.41 Å². The smallest absolute Gasteiger partial charge is 0.341 e. The van der Waals surface area contributed by atoms with E-state index in [4.69, 9.17) is 9.84 Å². The molecular weight excluding hydrogens is 282 g/mol. The molecule has 0 spiro atoms. The van der Waals surface area contributed by atoms with Gasteiger partial charge in [0.2, 0.25) is 5.91 Å². The number of carboxylic acid groups (broad SMARTS) is 1. The highest BCUT2D eigenvalue weighted by molar-refractivity contribution is 5.83. The van der Waals surface area contributed by atoms with E-state index in [1.165, 1.54) is 0 Å². The number of benzene rings is 1. The number of amides is 1. The van der Waals surface area contributed by atoms with Crippen molar-refractivity contribution in [3.05, 3.63) is 42.5 Å². The van der Waals surface area contributed by atoms with Gasteiger partial charge in [-0.25, -0.2) is 4.79 Å². The number of aliphatic carboxylic acids is 1. The number of nitrogens with one attached hydrogen (secondary N) is 1. The van der Waals surface area contributed by atoms with Crippen molar-refractivity contribution >= 4 is 11.9 Å². The van der Waals surface area contributed by atoms with Gasteiger partial charge in [0.25, 0.3) is 0 Å². The summed E-state index contributed by atoms with van der Waals surface area (Å²) in [6.07, 6.45) is 5.42. The summed E-state index contributed by atoms with van der Waals surface area (Å²) in [6.45, 7) is 3.76. The number of carbonyl (C=O) groups is 2. The minimum Gasteiger partial charge on any atom is -0.482 e. The molecular formula is C17H21NO4. The molecule has 0 radical (unpaired) electrons. The molecule has 2 rings (SSSR count). The second kappa shape index (κ2) is 7.11. The first kappa shape index (κ1) is 16.1. The van der Waals surface area contributed by atoms with E-state index in [1.807, 2.05) is 6.07 Å². The van der Waals surface area contributed by atoms with Crippen molar-refractivity contribution in [1.29, 1.82) is 0 Å². The van der Waals surface area contributed by atoms with Crippen molar-refractivity contribution in [2.45, 2.75) is 32.2 Å². The molecule has 1 aliphatic carbocycles. The van der Waals surface area contributed by atoms with Crippen LogP contribution in [0.2, 0.25) is 0 Å². The zero-order valence-corrected chi connectivity index (χ0v) is 12.5. The molecule has 1 aliphatic rings. The second-order valence-corrected chi connectivity index (χ2v) is 5.64. The summed E-state index contributed by atoms with van der Waals surface area (Å²) >= 11 is 0. The Hall–Kier alpha value is -2.30. The fourth-order valence-electron chi connectivity index (χ4n) is 2.66. The number of carbonyl (C=O) groups excluding carboxylic acids is 1. The maximum atomic E-state index is 12.3. The van der Waals surface area contributed by atoms with Crippen LogP contribution >= 0.6 is 0 Å². The first-order valence-electron chi connectivity index (χ1n) is 7.38. The van der Waals surface area contributed by atoms with Crippen LogP contribution in [0.4, 0.5) is 0 Å². The number of ether oxygens (including phenoxy) is 1. The van der Waals surface area contributed by atoms with Gasteiger partial charge in [0.15, 0.2) is 6.61 Å². The normalized spacial score (nSPS) is 15.5. The second-order valence-electron chi connectivity index (χ2n) is 5.64. The quantitative estimate of drug-likeness (QED) is 0.724. The molecule has 118 valence electrons. The van der Waals surface area contributed by atoms with Gasteiger partial charge in [0, 0.05) is 6.54 Å². The van der Waals surface area contributed by atoms with E-state index in [0.717, 1.165) is 24.8 Å². The highest BCUT2D eigenvalue weighted by Crippen LogP contribution is 2.44. The van der Waals surface area contributed by atoms with Crippen LogP contribution < -0.4 is 10.1 Å². The largest absolute Gasteiger partial charge is 0.482 e. The molecule has 1 fully saturated rings. The van der Waals surface area contributed by atoms with Crippen LogP contribution in [0.3, 0.4) is 0 Å². The third kappa shape index (κ3) is 3.87. The van der Waals surface area contributed by atoms with E-state index >= 15 is 0 Å². The van der Waals surface area contributed by atoms with Crippen LogP contribution in [-0.2, 0) is 16.1 Å². The molecule has 22 heavy (non-hydrogen) atoms. The molecule has 0 bridgehead atoms. The summed E-state index contributed by atoms with van der Waals surface area (Å²) in [6, 6.07) is 7.08. The Balaban J connectivity index is 1.91. The van der Waals surface area contributed by atoms with Gasteiger partial charge >= 0.3 is 5.97 Å². The summed E-state index contributed by atoms with van der Waals surface area (Å²) in [5, 5.41) is 11.6. The highest BCUT2D eigenvalue weighted by Gasteiger charge is 2.42. The SMILES string of the molecule is C=CCC1(C(=O)NCc2cccc(OCC(=O)O)c2)CCC1. The summed E-state index contributed by atoms with van der Waals surface area (Å²) in [5.74, 6) is -0.468. The molecule has 5 heteroatoms. The number of rotatable bonds is 8. The molecule has 1 aromatic carbocycles. The summed E-state index contributed by atoms with van der Waals surface area (Å²) in [7, 11) is 0. The Morgan fingerprint density at radius 2 is 2.18 bits per heavy atom. The highest BCUT2D eigenvalue weighted by atomic mass is 16.5. The van der Waals surface area contributed by atoms with Gasteiger partial charge in [-0.3, -0.25) is 4.79 Å². The van der Waals surface area contributed by atoms with Gasteiger partial charge < -0.3 is 15.2 Å². The molecule has 0 aliphatic heterocycles. The van der Waals surface area contributed by atoms with Gasteiger partial charge in [-0.05, 0) is 37.0 Å². The Labute approximate surface area is 130 Å². The fourth-order valence-corrected chi connectivity index (χ4v) is 2.66. The van der Waals surface area contributed by atoms with Crippen molar-refractivity contribution in [3.8, 4) is 5.75 Å². The average molecular weight is 303 g/mol. The van der Waals surface area contributed by atoms with Gasteiger partial charge in [-0.2, -0.15) is 0 Å². The van der Waals surface area contributed by atoms with Crippen molar-refractivity contribution in [2.24, 2.45) is 5.41 Å². The Kier molecular flexibility index (Phi) is 5.20. The first-order valence-corrected chi connectivity index (χ1v) is 7.38. The van der Waals surface area contributed by atoms with Crippen LogP contribution in [0.25, 0.3) is 0 Å². The van der Waals surface area contributed by atoms with E-state index in [2.05, 4.69) is 11.9 Å². The Bertz CT molecular complexity index is 564. The topological polar surface area (TPSA) is 75.6 Å².